The summed E-state index contributed by atoms with van der Waals surface area (Å²) < 4.78 is 6.27. The molecule has 1 fully saturated rings. The molecule has 0 spiro atoms. The van der Waals surface area contributed by atoms with Gasteiger partial charge in [-0.15, -0.1) is 0 Å². The number of hydrogen-bond acceptors (Lipinski definition) is 3. The minimum absolute atomic E-state index is 0.282. The van der Waals surface area contributed by atoms with Gasteiger partial charge in [-0.05, 0) is 31.8 Å². The summed E-state index contributed by atoms with van der Waals surface area (Å²) in [5.74, 6) is 0. The first kappa shape index (κ1) is 15.1. The van der Waals surface area contributed by atoms with E-state index in [0.29, 0.717) is 0 Å². The topological polar surface area (TPSA) is 15.7 Å². The Bertz CT molecular complexity index is 585. The number of likely N-dealkylation sites (N-methyl/N-ethyl adjacent to an activating group) is 1. The fourth-order valence-corrected chi connectivity index (χ4v) is 3.08. The molecule has 22 heavy (non-hydrogen) atoms. The molecular weight excluding hydrogens is 272 g/mol. The van der Waals surface area contributed by atoms with Crippen molar-refractivity contribution in [1.82, 2.24) is 4.90 Å². The molecular formula is C19H24N2O. The third kappa shape index (κ3) is 3.16. The van der Waals surface area contributed by atoms with Crippen molar-refractivity contribution in [2.45, 2.75) is 12.1 Å². The summed E-state index contributed by atoms with van der Waals surface area (Å²) in [6.07, 6.45) is 0.893. The molecule has 3 heteroatoms. The molecule has 116 valence electrons. The van der Waals surface area contributed by atoms with Crippen molar-refractivity contribution in [2.24, 2.45) is 0 Å². The van der Waals surface area contributed by atoms with Crippen LogP contribution in [0.1, 0.15) is 5.56 Å². The van der Waals surface area contributed by atoms with Crippen LogP contribution in [0.4, 0.5) is 5.69 Å². The Kier molecular flexibility index (Phi) is 4.46. The zero-order valence-electron chi connectivity index (χ0n) is 13.4. The molecule has 0 saturated carbocycles. The average Bonchev–Trinajstić information content (AvgIpc) is 2.57. The number of ether oxygens (including phenoxy) is 1. The van der Waals surface area contributed by atoms with Gasteiger partial charge in [0.25, 0.3) is 0 Å². The van der Waals surface area contributed by atoms with Crippen molar-refractivity contribution in [3.05, 3.63) is 66.2 Å². The molecule has 2 aromatic carbocycles. The van der Waals surface area contributed by atoms with Crippen molar-refractivity contribution in [1.29, 1.82) is 0 Å². The number of hydrogen-bond donors (Lipinski definition) is 0. The van der Waals surface area contributed by atoms with E-state index in [0.717, 1.165) is 26.1 Å². The van der Waals surface area contributed by atoms with Crippen LogP contribution in [0.25, 0.3) is 0 Å². The van der Waals surface area contributed by atoms with Crippen LogP contribution in [0.2, 0.25) is 0 Å². The number of nitrogens with zero attached hydrogens (tertiary/aromatic N) is 2. The van der Waals surface area contributed by atoms with E-state index in [-0.39, 0.29) is 5.72 Å². The Morgan fingerprint density at radius 2 is 1.64 bits per heavy atom. The van der Waals surface area contributed by atoms with Crippen LogP contribution in [-0.2, 0) is 11.2 Å². The van der Waals surface area contributed by atoms with E-state index < -0.39 is 0 Å². The van der Waals surface area contributed by atoms with Crippen LogP contribution >= 0.6 is 0 Å². The van der Waals surface area contributed by atoms with Gasteiger partial charge >= 0.3 is 0 Å². The lowest BCUT2D eigenvalue weighted by Crippen LogP contribution is -2.60. The summed E-state index contributed by atoms with van der Waals surface area (Å²) in [7, 11) is 4.22. The molecule has 1 unspecified atom stereocenters. The molecule has 0 radical (unpaired) electrons. The van der Waals surface area contributed by atoms with Gasteiger partial charge in [-0.1, -0.05) is 48.5 Å². The van der Waals surface area contributed by atoms with Crippen molar-refractivity contribution in [3.8, 4) is 0 Å². The molecule has 0 bridgehead atoms. The van der Waals surface area contributed by atoms with Gasteiger partial charge in [0.1, 0.15) is 5.72 Å². The molecule has 0 N–H and O–H groups in total. The standard InChI is InChI=1S/C19H24N2O/c1-20(2)19(15-17-9-5-3-6-10-17)16-21(13-14-22-19)18-11-7-4-8-12-18/h3-12H,13-16H2,1-2H3. The molecule has 1 aliphatic heterocycles. The SMILES string of the molecule is CN(C)C1(Cc2ccccc2)CN(c2ccccc2)CCO1. The summed E-state index contributed by atoms with van der Waals surface area (Å²) in [6.45, 7) is 2.56. The quantitative estimate of drug-likeness (QED) is 0.862. The third-order valence-corrected chi connectivity index (χ3v) is 4.43. The molecule has 0 aromatic heterocycles. The van der Waals surface area contributed by atoms with E-state index in [1.54, 1.807) is 0 Å². The average molecular weight is 296 g/mol. The molecule has 1 atom stereocenters. The normalized spacial score (nSPS) is 22.0. The van der Waals surface area contributed by atoms with Crippen molar-refractivity contribution >= 4 is 5.69 Å². The van der Waals surface area contributed by atoms with Gasteiger partial charge < -0.3 is 9.64 Å². The summed E-state index contributed by atoms with van der Waals surface area (Å²) >= 11 is 0. The third-order valence-electron chi connectivity index (χ3n) is 4.43. The highest BCUT2D eigenvalue weighted by Crippen LogP contribution is 2.28. The predicted octanol–water partition coefficient (Wildman–Crippen LogP) is 3.02. The molecule has 1 heterocycles. The smallest absolute Gasteiger partial charge is 0.142 e. The summed E-state index contributed by atoms with van der Waals surface area (Å²) in [5, 5.41) is 0. The first-order valence-corrected chi connectivity index (χ1v) is 7.85. The van der Waals surface area contributed by atoms with Crippen molar-refractivity contribution < 1.29 is 4.74 Å². The number of para-hydroxylation sites is 1. The van der Waals surface area contributed by atoms with E-state index in [1.807, 2.05) is 0 Å². The van der Waals surface area contributed by atoms with Gasteiger partial charge in [0.2, 0.25) is 0 Å². The van der Waals surface area contributed by atoms with Gasteiger partial charge in [-0.2, -0.15) is 0 Å². The number of anilines is 1. The highest BCUT2D eigenvalue weighted by atomic mass is 16.5. The van der Waals surface area contributed by atoms with E-state index >= 15 is 0 Å². The van der Waals surface area contributed by atoms with Gasteiger partial charge in [-0.3, -0.25) is 4.90 Å². The molecule has 1 saturated heterocycles. The molecule has 3 rings (SSSR count). The first-order chi connectivity index (χ1) is 10.7. The lowest BCUT2D eigenvalue weighted by atomic mass is 9.99. The maximum atomic E-state index is 6.27. The number of morpholine rings is 1. The Balaban J connectivity index is 1.84. The minimum Gasteiger partial charge on any atom is -0.365 e. The van der Waals surface area contributed by atoms with Crippen LogP contribution in [-0.4, -0.2) is 44.4 Å². The molecule has 2 aromatic rings. The molecule has 0 aliphatic carbocycles. The van der Waals surface area contributed by atoms with E-state index in [9.17, 15) is 0 Å². The fourth-order valence-electron chi connectivity index (χ4n) is 3.08. The van der Waals surface area contributed by atoms with E-state index in [1.165, 1.54) is 11.3 Å². The Morgan fingerprint density at radius 1 is 1.00 bits per heavy atom. The van der Waals surface area contributed by atoms with Gasteiger partial charge in [0, 0.05) is 18.7 Å². The first-order valence-electron chi connectivity index (χ1n) is 7.85. The highest BCUT2D eigenvalue weighted by Gasteiger charge is 2.39. The van der Waals surface area contributed by atoms with Crippen molar-refractivity contribution in [2.75, 3.05) is 38.7 Å². The summed E-state index contributed by atoms with van der Waals surface area (Å²) in [5.41, 5.74) is 2.30. The molecule has 3 nitrogen and oxygen atoms in total. The summed E-state index contributed by atoms with van der Waals surface area (Å²) in [4.78, 5) is 4.64. The maximum absolute atomic E-state index is 6.27. The second-order valence-corrected chi connectivity index (χ2v) is 6.11. The second kappa shape index (κ2) is 6.51. The molecule has 1 aliphatic rings. The Labute approximate surface area is 133 Å². The number of rotatable bonds is 4. The van der Waals surface area contributed by atoms with Crippen LogP contribution < -0.4 is 4.90 Å². The van der Waals surface area contributed by atoms with Gasteiger partial charge in [0.05, 0.1) is 13.2 Å². The lowest BCUT2D eigenvalue weighted by molar-refractivity contribution is -0.143. The Morgan fingerprint density at radius 3 is 2.27 bits per heavy atom. The van der Waals surface area contributed by atoms with Gasteiger partial charge in [-0.25, -0.2) is 0 Å². The van der Waals surface area contributed by atoms with Crippen LogP contribution in [0, 0.1) is 0 Å². The number of benzene rings is 2. The minimum atomic E-state index is -0.282. The Hall–Kier alpha value is -1.84. The van der Waals surface area contributed by atoms with Crippen LogP contribution in [0.5, 0.6) is 0 Å². The van der Waals surface area contributed by atoms with Crippen LogP contribution in [0.15, 0.2) is 60.7 Å². The van der Waals surface area contributed by atoms with Crippen molar-refractivity contribution in [3.63, 3.8) is 0 Å². The van der Waals surface area contributed by atoms with Gasteiger partial charge in [0.15, 0.2) is 0 Å². The van der Waals surface area contributed by atoms with Crippen LogP contribution in [0.3, 0.4) is 0 Å². The fraction of sp³-hybridized carbons (Fsp3) is 0.368. The zero-order chi connectivity index (χ0) is 15.4. The predicted molar refractivity (Wildman–Crippen MR) is 91.2 cm³/mol. The zero-order valence-corrected chi connectivity index (χ0v) is 13.4. The monoisotopic (exact) mass is 296 g/mol. The second-order valence-electron chi connectivity index (χ2n) is 6.11. The van der Waals surface area contributed by atoms with E-state index in [2.05, 4.69) is 84.6 Å². The largest absolute Gasteiger partial charge is 0.365 e. The lowest BCUT2D eigenvalue weighted by Gasteiger charge is -2.47. The molecule has 0 amide bonds. The van der Waals surface area contributed by atoms with E-state index in [4.69, 9.17) is 4.74 Å². The maximum Gasteiger partial charge on any atom is 0.142 e. The summed E-state index contributed by atoms with van der Waals surface area (Å²) in [6, 6.07) is 21.2. The highest BCUT2D eigenvalue weighted by molar-refractivity contribution is 5.47.